The Morgan fingerprint density at radius 3 is 2.74 bits per heavy atom. The number of alkyl halides is 1. The first-order valence-electron chi connectivity index (χ1n) is 6.55. The van der Waals surface area contributed by atoms with Crippen molar-refractivity contribution in [3.63, 3.8) is 0 Å². The van der Waals surface area contributed by atoms with E-state index in [1.54, 1.807) is 6.07 Å². The third kappa shape index (κ3) is 2.98. The summed E-state index contributed by atoms with van der Waals surface area (Å²) in [5.74, 6) is 0.435. The lowest BCUT2D eigenvalue weighted by atomic mass is 10.1. The van der Waals surface area contributed by atoms with Crippen LogP contribution in [0.1, 0.15) is 36.2 Å². The van der Waals surface area contributed by atoms with Gasteiger partial charge >= 0.3 is 0 Å². The van der Waals surface area contributed by atoms with Gasteiger partial charge in [-0.05, 0) is 36.1 Å². The topological polar surface area (TPSA) is 37.4 Å². The van der Waals surface area contributed by atoms with Gasteiger partial charge in [0, 0.05) is 24.2 Å². The molecule has 1 aliphatic heterocycles. The van der Waals surface area contributed by atoms with Crippen LogP contribution in [0.15, 0.2) is 18.2 Å². The van der Waals surface area contributed by atoms with Gasteiger partial charge < -0.3 is 4.90 Å². The van der Waals surface area contributed by atoms with E-state index in [0.717, 1.165) is 17.7 Å². The molecule has 0 unspecified atom stereocenters. The number of anilines is 1. The molecular formula is C15H18ClNO2. The first-order valence-corrected chi connectivity index (χ1v) is 7.09. The number of ketones is 1. The van der Waals surface area contributed by atoms with Gasteiger partial charge in [-0.1, -0.05) is 13.8 Å². The number of halogens is 1. The zero-order valence-corrected chi connectivity index (χ0v) is 12.0. The van der Waals surface area contributed by atoms with Gasteiger partial charge in [0.05, 0.1) is 5.88 Å². The summed E-state index contributed by atoms with van der Waals surface area (Å²) >= 11 is 5.56. The fourth-order valence-corrected chi connectivity index (χ4v) is 2.53. The summed E-state index contributed by atoms with van der Waals surface area (Å²) in [6.45, 7) is 4.79. The molecule has 2 rings (SSSR count). The van der Waals surface area contributed by atoms with E-state index in [1.165, 1.54) is 0 Å². The van der Waals surface area contributed by atoms with Crippen molar-refractivity contribution in [2.75, 3.05) is 17.3 Å². The molecule has 0 spiro atoms. The van der Waals surface area contributed by atoms with Crippen LogP contribution >= 0.6 is 11.6 Å². The predicted molar refractivity (Wildman–Crippen MR) is 77.0 cm³/mol. The second-order valence-electron chi connectivity index (χ2n) is 5.29. The molecule has 1 aromatic rings. The maximum Gasteiger partial charge on any atom is 0.227 e. The van der Waals surface area contributed by atoms with Gasteiger partial charge in [-0.3, -0.25) is 9.59 Å². The van der Waals surface area contributed by atoms with E-state index in [0.29, 0.717) is 24.4 Å². The quantitative estimate of drug-likeness (QED) is 0.627. The minimum absolute atomic E-state index is 0.00518. The summed E-state index contributed by atoms with van der Waals surface area (Å²) in [7, 11) is 0. The van der Waals surface area contributed by atoms with Gasteiger partial charge in [0.25, 0.3) is 0 Å². The molecular weight excluding hydrogens is 262 g/mol. The van der Waals surface area contributed by atoms with Gasteiger partial charge in [0.15, 0.2) is 5.78 Å². The highest BCUT2D eigenvalue weighted by Gasteiger charge is 2.25. The van der Waals surface area contributed by atoms with E-state index >= 15 is 0 Å². The molecule has 0 saturated carbocycles. The zero-order valence-electron chi connectivity index (χ0n) is 11.3. The minimum Gasteiger partial charge on any atom is -0.312 e. The number of benzene rings is 1. The van der Waals surface area contributed by atoms with Crippen molar-refractivity contribution in [2.24, 2.45) is 5.92 Å². The standard InChI is InChI=1S/C15H18ClNO2/c1-10(2)7-15(19)17-6-5-11-8-12(14(18)9-16)3-4-13(11)17/h3-4,8,10H,5-7,9H2,1-2H3. The van der Waals surface area contributed by atoms with Crippen molar-refractivity contribution in [3.05, 3.63) is 29.3 Å². The van der Waals surface area contributed by atoms with Crippen molar-refractivity contribution in [3.8, 4) is 0 Å². The average Bonchev–Trinajstić information content (AvgIpc) is 2.79. The SMILES string of the molecule is CC(C)CC(=O)N1CCc2cc(C(=O)CCl)ccc21. The van der Waals surface area contributed by atoms with E-state index in [2.05, 4.69) is 0 Å². The Labute approximate surface area is 118 Å². The average molecular weight is 280 g/mol. The van der Waals surface area contributed by atoms with E-state index in [1.807, 2.05) is 30.9 Å². The molecule has 0 N–H and O–H groups in total. The van der Waals surface area contributed by atoms with E-state index in [4.69, 9.17) is 11.6 Å². The lowest BCUT2D eigenvalue weighted by molar-refractivity contribution is -0.119. The summed E-state index contributed by atoms with van der Waals surface area (Å²) in [5.41, 5.74) is 2.64. The number of Topliss-reactive ketones (excluding diaryl/α,β-unsaturated/α-hetero) is 1. The van der Waals surface area contributed by atoms with Crippen molar-refractivity contribution < 1.29 is 9.59 Å². The van der Waals surface area contributed by atoms with Crippen LogP contribution in [0.25, 0.3) is 0 Å². The second-order valence-corrected chi connectivity index (χ2v) is 5.56. The van der Waals surface area contributed by atoms with Crippen LogP contribution in [-0.2, 0) is 11.2 Å². The number of rotatable bonds is 4. The van der Waals surface area contributed by atoms with Crippen molar-refractivity contribution >= 4 is 29.0 Å². The van der Waals surface area contributed by atoms with E-state index in [-0.39, 0.29) is 17.6 Å². The van der Waals surface area contributed by atoms with Crippen LogP contribution in [0.2, 0.25) is 0 Å². The number of hydrogen-bond acceptors (Lipinski definition) is 2. The number of hydrogen-bond donors (Lipinski definition) is 0. The molecule has 0 saturated heterocycles. The number of amides is 1. The lowest BCUT2D eigenvalue weighted by Crippen LogP contribution is -2.29. The fraction of sp³-hybridized carbons (Fsp3) is 0.467. The van der Waals surface area contributed by atoms with Crippen molar-refractivity contribution in [2.45, 2.75) is 26.7 Å². The highest BCUT2D eigenvalue weighted by atomic mass is 35.5. The summed E-state index contributed by atoms with van der Waals surface area (Å²) in [6, 6.07) is 5.48. The van der Waals surface area contributed by atoms with E-state index in [9.17, 15) is 9.59 Å². The Morgan fingerprint density at radius 1 is 1.37 bits per heavy atom. The Balaban J connectivity index is 2.22. The molecule has 19 heavy (non-hydrogen) atoms. The number of carbonyl (C=O) groups is 2. The Hall–Kier alpha value is -1.35. The molecule has 1 heterocycles. The fourth-order valence-electron chi connectivity index (χ4n) is 2.37. The molecule has 0 aromatic heterocycles. The maximum atomic E-state index is 12.1. The number of carbonyl (C=O) groups excluding carboxylic acids is 2. The summed E-state index contributed by atoms with van der Waals surface area (Å²) < 4.78 is 0. The second kappa shape index (κ2) is 5.74. The van der Waals surface area contributed by atoms with Gasteiger partial charge in [-0.15, -0.1) is 11.6 Å². The van der Waals surface area contributed by atoms with Crippen LogP contribution < -0.4 is 4.90 Å². The Morgan fingerprint density at radius 2 is 2.11 bits per heavy atom. The molecule has 1 aromatic carbocycles. The Kier molecular flexibility index (Phi) is 4.25. The van der Waals surface area contributed by atoms with Crippen LogP contribution in [0.3, 0.4) is 0 Å². The first-order chi connectivity index (χ1) is 9.02. The molecule has 1 aliphatic rings. The predicted octanol–water partition coefficient (Wildman–Crippen LogP) is 3.04. The summed E-state index contributed by atoms with van der Waals surface area (Å²) in [6.07, 6.45) is 1.37. The highest BCUT2D eigenvalue weighted by Crippen LogP contribution is 2.30. The Bertz CT molecular complexity index is 511. The van der Waals surface area contributed by atoms with E-state index < -0.39 is 0 Å². The molecule has 0 radical (unpaired) electrons. The lowest BCUT2D eigenvalue weighted by Gasteiger charge is -2.18. The monoisotopic (exact) mass is 279 g/mol. The van der Waals surface area contributed by atoms with Crippen LogP contribution in [0.5, 0.6) is 0 Å². The smallest absolute Gasteiger partial charge is 0.227 e. The van der Waals surface area contributed by atoms with Crippen molar-refractivity contribution in [1.29, 1.82) is 0 Å². The van der Waals surface area contributed by atoms with Crippen molar-refractivity contribution in [1.82, 2.24) is 0 Å². The van der Waals surface area contributed by atoms with Gasteiger partial charge in [-0.25, -0.2) is 0 Å². The number of nitrogens with zero attached hydrogens (tertiary/aromatic N) is 1. The summed E-state index contributed by atoms with van der Waals surface area (Å²) in [4.78, 5) is 25.5. The molecule has 0 atom stereocenters. The van der Waals surface area contributed by atoms with Crippen LogP contribution in [0.4, 0.5) is 5.69 Å². The van der Waals surface area contributed by atoms with Gasteiger partial charge in [-0.2, -0.15) is 0 Å². The third-order valence-electron chi connectivity index (χ3n) is 3.30. The van der Waals surface area contributed by atoms with Gasteiger partial charge in [0.1, 0.15) is 0 Å². The van der Waals surface area contributed by atoms with Gasteiger partial charge in [0.2, 0.25) is 5.91 Å². The largest absolute Gasteiger partial charge is 0.312 e. The first kappa shape index (κ1) is 14.1. The van der Waals surface area contributed by atoms with Crippen LogP contribution in [-0.4, -0.2) is 24.1 Å². The molecule has 0 aliphatic carbocycles. The minimum atomic E-state index is -0.0728. The van der Waals surface area contributed by atoms with Crippen LogP contribution in [0, 0.1) is 5.92 Å². The molecule has 102 valence electrons. The zero-order chi connectivity index (χ0) is 14.0. The molecule has 4 heteroatoms. The molecule has 1 amide bonds. The molecule has 0 bridgehead atoms. The number of fused-ring (bicyclic) bond motifs is 1. The third-order valence-corrected chi connectivity index (χ3v) is 3.55. The molecule has 3 nitrogen and oxygen atoms in total. The highest BCUT2D eigenvalue weighted by molar-refractivity contribution is 6.30. The maximum absolute atomic E-state index is 12.1. The molecule has 0 fully saturated rings. The normalized spacial score (nSPS) is 13.8. The summed E-state index contributed by atoms with van der Waals surface area (Å²) in [5, 5.41) is 0.